The van der Waals surface area contributed by atoms with Gasteiger partial charge < -0.3 is 10.8 Å². The fourth-order valence-corrected chi connectivity index (χ4v) is 2.41. The molecule has 1 aromatic carbocycles. The number of hydrogen-bond donors (Lipinski definition) is 2. The van der Waals surface area contributed by atoms with Gasteiger partial charge in [0, 0.05) is 10.6 Å². The zero-order valence-electron chi connectivity index (χ0n) is 9.40. The van der Waals surface area contributed by atoms with Crippen LogP contribution in [0.1, 0.15) is 36.5 Å². The molecular formula is C12H17NO2S. The topological polar surface area (TPSA) is 63.3 Å². The molecule has 0 atom stereocenters. The van der Waals surface area contributed by atoms with Crippen molar-refractivity contribution >= 4 is 23.4 Å². The Morgan fingerprint density at radius 1 is 1.44 bits per heavy atom. The van der Waals surface area contributed by atoms with Crippen molar-refractivity contribution in [3.05, 3.63) is 23.8 Å². The van der Waals surface area contributed by atoms with Crippen molar-refractivity contribution in [2.24, 2.45) is 0 Å². The van der Waals surface area contributed by atoms with Gasteiger partial charge in [0.05, 0.1) is 5.56 Å². The van der Waals surface area contributed by atoms with E-state index in [0.29, 0.717) is 11.3 Å². The van der Waals surface area contributed by atoms with Crippen LogP contribution in [0.4, 0.5) is 5.69 Å². The Balaban J connectivity index is 2.67. The average Bonchev–Trinajstić information content (AvgIpc) is 2.26. The van der Waals surface area contributed by atoms with E-state index in [1.165, 1.54) is 18.9 Å². The summed E-state index contributed by atoms with van der Waals surface area (Å²) < 4.78 is 0. The van der Waals surface area contributed by atoms with Gasteiger partial charge in [-0.1, -0.05) is 19.8 Å². The van der Waals surface area contributed by atoms with Crippen LogP contribution in [0.5, 0.6) is 0 Å². The monoisotopic (exact) mass is 239 g/mol. The van der Waals surface area contributed by atoms with Gasteiger partial charge in [-0.15, -0.1) is 11.8 Å². The van der Waals surface area contributed by atoms with Crippen LogP contribution in [0.15, 0.2) is 23.1 Å². The van der Waals surface area contributed by atoms with Crippen molar-refractivity contribution in [3.8, 4) is 0 Å². The normalized spacial score (nSPS) is 10.3. The van der Waals surface area contributed by atoms with Crippen LogP contribution in [0.25, 0.3) is 0 Å². The number of benzene rings is 1. The molecule has 0 fully saturated rings. The SMILES string of the molecule is CCCCCSc1ccc(N)cc1C(=O)O. The number of aromatic carboxylic acids is 1. The van der Waals surface area contributed by atoms with Crippen LogP contribution >= 0.6 is 11.8 Å². The van der Waals surface area contributed by atoms with Crippen molar-refractivity contribution in [2.45, 2.75) is 31.1 Å². The molecule has 0 aliphatic carbocycles. The van der Waals surface area contributed by atoms with E-state index in [2.05, 4.69) is 6.92 Å². The summed E-state index contributed by atoms with van der Waals surface area (Å²) in [5.41, 5.74) is 6.37. The first kappa shape index (κ1) is 12.9. The predicted octanol–water partition coefficient (Wildman–Crippen LogP) is 3.25. The maximum absolute atomic E-state index is 11.0. The molecule has 88 valence electrons. The van der Waals surface area contributed by atoms with Gasteiger partial charge in [-0.25, -0.2) is 4.79 Å². The molecule has 0 aliphatic rings. The van der Waals surface area contributed by atoms with Gasteiger partial charge in [0.1, 0.15) is 0 Å². The highest BCUT2D eigenvalue weighted by molar-refractivity contribution is 7.99. The zero-order chi connectivity index (χ0) is 12.0. The van der Waals surface area contributed by atoms with Crippen molar-refractivity contribution in [3.63, 3.8) is 0 Å². The van der Waals surface area contributed by atoms with E-state index in [4.69, 9.17) is 10.8 Å². The molecular weight excluding hydrogens is 222 g/mol. The highest BCUT2D eigenvalue weighted by Crippen LogP contribution is 2.25. The number of unbranched alkanes of at least 4 members (excludes halogenated alkanes) is 2. The number of anilines is 1. The molecule has 0 amide bonds. The molecule has 0 saturated carbocycles. The molecule has 0 unspecified atom stereocenters. The summed E-state index contributed by atoms with van der Waals surface area (Å²) in [6.45, 7) is 2.15. The molecule has 1 aromatic rings. The highest BCUT2D eigenvalue weighted by Gasteiger charge is 2.10. The molecule has 0 saturated heterocycles. The summed E-state index contributed by atoms with van der Waals surface area (Å²) in [4.78, 5) is 11.8. The highest BCUT2D eigenvalue weighted by atomic mass is 32.2. The third-order valence-electron chi connectivity index (χ3n) is 2.24. The first-order chi connectivity index (χ1) is 7.65. The lowest BCUT2D eigenvalue weighted by atomic mass is 10.2. The summed E-state index contributed by atoms with van der Waals surface area (Å²) in [6.07, 6.45) is 3.48. The van der Waals surface area contributed by atoms with Crippen LogP contribution in [0.2, 0.25) is 0 Å². The van der Waals surface area contributed by atoms with E-state index >= 15 is 0 Å². The second kappa shape index (κ2) is 6.43. The molecule has 4 heteroatoms. The molecule has 3 nitrogen and oxygen atoms in total. The lowest BCUT2D eigenvalue weighted by Crippen LogP contribution is -2.00. The number of rotatable bonds is 6. The molecule has 0 aromatic heterocycles. The first-order valence-corrected chi connectivity index (χ1v) is 6.39. The molecule has 16 heavy (non-hydrogen) atoms. The Morgan fingerprint density at radius 3 is 2.81 bits per heavy atom. The summed E-state index contributed by atoms with van der Waals surface area (Å²) in [7, 11) is 0. The quantitative estimate of drug-likeness (QED) is 0.454. The fraction of sp³-hybridized carbons (Fsp3) is 0.417. The van der Waals surface area contributed by atoms with Crippen molar-refractivity contribution < 1.29 is 9.90 Å². The van der Waals surface area contributed by atoms with Gasteiger partial charge in [0.25, 0.3) is 0 Å². The Bertz CT molecular complexity index is 366. The molecule has 0 spiro atoms. The molecule has 0 aliphatic heterocycles. The number of carboxylic acids is 1. The van der Waals surface area contributed by atoms with Gasteiger partial charge in [-0.05, 0) is 30.4 Å². The summed E-state index contributed by atoms with van der Waals surface area (Å²) in [5.74, 6) is 0.0446. The Labute approximate surface area is 100 Å². The Kier molecular flexibility index (Phi) is 5.19. The van der Waals surface area contributed by atoms with Crippen molar-refractivity contribution in [1.82, 2.24) is 0 Å². The van der Waals surface area contributed by atoms with Gasteiger partial charge in [-0.2, -0.15) is 0 Å². The van der Waals surface area contributed by atoms with E-state index in [0.717, 1.165) is 17.1 Å². The van der Waals surface area contributed by atoms with Gasteiger partial charge in [-0.3, -0.25) is 0 Å². The zero-order valence-corrected chi connectivity index (χ0v) is 10.2. The maximum atomic E-state index is 11.0. The number of nitrogen functional groups attached to an aromatic ring is 1. The van der Waals surface area contributed by atoms with E-state index in [-0.39, 0.29) is 0 Å². The van der Waals surface area contributed by atoms with Crippen molar-refractivity contribution in [1.29, 1.82) is 0 Å². The van der Waals surface area contributed by atoms with Crippen LogP contribution in [-0.4, -0.2) is 16.8 Å². The summed E-state index contributed by atoms with van der Waals surface area (Å²) in [5, 5.41) is 9.02. The Morgan fingerprint density at radius 2 is 2.19 bits per heavy atom. The minimum atomic E-state index is -0.912. The van der Waals surface area contributed by atoms with E-state index in [1.807, 2.05) is 0 Å². The van der Waals surface area contributed by atoms with Crippen LogP contribution in [0, 0.1) is 0 Å². The molecule has 0 bridgehead atoms. The van der Waals surface area contributed by atoms with Gasteiger partial charge in [0.15, 0.2) is 0 Å². The number of nitrogens with two attached hydrogens (primary N) is 1. The average molecular weight is 239 g/mol. The molecule has 1 rings (SSSR count). The van der Waals surface area contributed by atoms with Crippen molar-refractivity contribution in [2.75, 3.05) is 11.5 Å². The molecule has 0 radical (unpaired) electrons. The summed E-state index contributed by atoms with van der Waals surface area (Å²) >= 11 is 1.59. The Hall–Kier alpha value is -1.16. The second-order valence-electron chi connectivity index (χ2n) is 3.62. The number of carboxylic acid groups (broad SMARTS) is 1. The van der Waals surface area contributed by atoms with Crippen LogP contribution in [0.3, 0.4) is 0 Å². The first-order valence-electron chi connectivity index (χ1n) is 5.40. The molecule has 0 heterocycles. The third kappa shape index (κ3) is 3.77. The fourth-order valence-electron chi connectivity index (χ4n) is 1.37. The van der Waals surface area contributed by atoms with E-state index in [9.17, 15) is 4.79 Å². The number of thioether (sulfide) groups is 1. The molecule has 3 N–H and O–H groups in total. The lowest BCUT2D eigenvalue weighted by Gasteiger charge is -2.06. The van der Waals surface area contributed by atoms with Crippen LogP contribution in [-0.2, 0) is 0 Å². The predicted molar refractivity (Wildman–Crippen MR) is 68.1 cm³/mol. The van der Waals surface area contributed by atoms with Gasteiger partial charge >= 0.3 is 5.97 Å². The smallest absolute Gasteiger partial charge is 0.336 e. The van der Waals surface area contributed by atoms with Gasteiger partial charge in [0.2, 0.25) is 0 Å². The largest absolute Gasteiger partial charge is 0.478 e. The van der Waals surface area contributed by atoms with E-state index < -0.39 is 5.97 Å². The maximum Gasteiger partial charge on any atom is 0.336 e. The minimum Gasteiger partial charge on any atom is -0.478 e. The van der Waals surface area contributed by atoms with Crippen LogP contribution < -0.4 is 5.73 Å². The standard InChI is InChI=1S/C12H17NO2S/c1-2-3-4-7-16-11-6-5-9(13)8-10(11)12(14)15/h5-6,8H,2-4,7,13H2,1H3,(H,14,15). The summed E-state index contributed by atoms with van der Waals surface area (Å²) in [6, 6.07) is 5.05. The number of hydrogen-bond acceptors (Lipinski definition) is 3. The number of carbonyl (C=O) groups is 1. The second-order valence-corrected chi connectivity index (χ2v) is 4.75. The third-order valence-corrected chi connectivity index (χ3v) is 3.40. The van der Waals surface area contributed by atoms with E-state index in [1.54, 1.807) is 23.9 Å². The lowest BCUT2D eigenvalue weighted by molar-refractivity contribution is 0.0693. The minimum absolute atomic E-state index is 0.307.